The average molecular weight is 255 g/mol. The molecule has 4 nitrogen and oxygen atoms in total. The number of halogens is 1. The molecular weight excluding hydrogens is 236 g/mol. The van der Waals surface area contributed by atoms with Crippen LogP contribution in [0.3, 0.4) is 0 Å². The molecule has 0 spiro atoms. The van der Waals surface area contributed by atoms with Gasteiger partial charge >= 0.3 is 0 Å². The van der Waals surface area contributed by atoms with Crippen LogP contribution in [-0.4, -0.2) is 55.6 Å². The molecule has 1 aliphatic rings. The Hall–Kier alpha value is 0.160. The molecule has 1 fully saturated rings. The van der Waals surface area contributed by atoms with Gasteiger partial charge in [0, 0.05) is 32.7 Å². The third-order valence-corrected chi connectivity index (χ3v) is 4.74. The SMILES string of the molecule is CC(C)CN1CCN(S(=O)(=O)CCl)CC1. The highest BCUT2D eigenvalue weighted by Crippen LogP contribution is 2.10. The van der Waals surface area contributed by atoms with Gasteiger partial charge in [0.25, 0.3) is 0 Å². The standard InChI is InChI=1S/C9H19ClN2O2S/c1-9(2)7-11-3-5-12(6-4-11)15(13,14)8-10/h9H,3-8H2,1-2H3. The van der Waals surface area contributed by atoms with Crippen LogP contribution in [0.4, 0.5) is 0 Å². The molecule has 15 heavy (non-hydrogen) atoms. The number of rotatable bonds is 4. The van der Waals surface area contributed by atoms with Crippen LogP contribution in [0.5, 0.6) is 0 Å². The lowest BCUT2D eigenvalue weighted by atomic mass is 10.2. The number of piperazine rings is 1. The van der Waals surface area contributed by atoms with E-state index in [1.54, 1.807) is 0 Å². The van der Waals surface area contributed by atoms with Gasteiger partial charge in [0.1, 0.15) is 5.21 Å². The molecule has 1 aliphatic heterocycles. The molecule has 0 saturated carbocycles. The van der Waals surface area contributed by atoms with E-state index in [0.717, 1.165) is 19.6 Å². The molecule has 0 aliphatic carbocycles. The summed E-state index contributed by atoms with van der Waals surface area (Å²) in [4.78, 5) is 2.30. The summed E-state index contributed by atoms with van der Waals surface area (Å²) in [5, 5.41) is -0.308. The Bertz CT molecular complexity index is 284. The fourth-order valence-electron chi connectivity index (χ4n) is 1.78. The van der Waals surface area contributed by atoms with Crippen LogP contribution in [0.25, 0.3) is 0 Å². The number of hydrogen-bond donors (Lipinski definition) is 0. The highest BCUT2D eigenvalue weighted by molar-refractivity contribution is 7.90. The van der Waals surface area contributed by atoms with E-state index in [2.05, 4.69) is 18.7 Å². The van der Waals surface area contributed by atoms with Gasteiger partial charge in [-0.05, 0) is 5.92 Å². The lowest BCUT2D eigenvalue weighted by Crippen LogP contribution is -2.49. The first-order chi connectivity index (χ1) is 6.95. The van der Waals surface area contributed by atoms with Crippen molar-refractivity contribution in [1.82, 2.24) is 9.21 Å². The summed E-state index contributed by atoms with van der Waals surface area (Å²) >= 11 is 5.40. The molecule has 0 radical (unpaired) electrons. The Balaban J connectivity index is 2.43. The number of alkyl halides is 1. The topological polar surface area (TPSA) is 40.6 Å². The summed E-state index contributed by atoms with van der Waals surface area (Å²) in [6.45, 7) is 8.14. The van der Waals surface area contributed by atoms with Crippen molar-refractivity contribution >= 4 is 21.6 Å². The van der Waals surface area contributed by atoms with Crippen LogP contribution < -0.4 is 0 Å². The number of hydrogen-bond acceptors (Lipinski definition) is 3. The zero-order chi connectivity index (χ0) is 11.5. The molecule has 0 aromatic rings. The summed E-state index contributed by atoms with van der Waals surface area (Å²) in [5.74, 6) is 0.626. The van der Waals surface area contributed by atoms with E-state index >= 15 is 0 Å². The van der Waals surface area contributed by atoms with Crippen LogP contribution >= 0.6 is 11.6 Å². The van der Waals surface area contributed by atoms with E-state index in [-0.39, 0.29) is 5.21 Å². The minimum absolute atomic E-state index is 0.308. The maximum Gasteiger partial charge on any atom is 0.228 e. The minimum Gasteiger partial charge on any atom is -0.300 e. The van der Waals surface area contributed by atoms with Gasteiger partial charge in [-0.3, -0.25) is 0 Å². The summed E-state index contributed by atoms with van der Waals surface area (Å²) < 4.78 is 24.4. The molecule has 0 atom stereocenters. The van der Waals surface area contributed by atoms with Crippen LogP contribution in [0.15, 0.2) is 0 Å². The molecule has 1 heterocycles. The van der Waals surface area contributed by atoms with Crippen molar-refractivity contribution in [3.05, 3.63) is 0 Å². The first-order valence-corrected chi connectivity index (χ1v) is 7.36. The molecule has 0 aromatic heterocycles. The molecule has 0 aromatic carbocycles. The van der Waals surface area contributed by atoms with Crippen LogP contribution in [-0.2, 0) is 10.0 Å². The average Bonchev–Trinajstić information content (AvgIpc) is 2.18. The smallest absolute Gasteiger partial charge is 0.228 e. The van der Waals surface area contributed by atoms with E-state index in [9.17, 15) is 8.42 Å². The highest BCUT2D eigenvalue weighted by Gasteiger charge is 2.25. The fourth-order valence-corrected chi connectivity index (χ4v) is 3.05. The molecule has 6 heteroatoms. The maximum atomic E-state index is 11.5. The van der Waals surface area contributed by atoms with Gasteiger partial charge in [-0.15, -0.1) is 11.6 Å². The van der Waals surface area contributed by atoms with E-state index in [1.165, 1.54) is 4.31 Å². The van der Waals surface area contributed by atoms with Crippen LogP contribution in [0, 0.1) is 5.92 Å². The van der Waals surface area contributed by atoms with Crippen LogP contribution in [0.1, 0.15) is 13.8 Å². The minimum atomic E-state index is -3.20. The fraction of sp³-hybridized carbons (Fsp3) is 1.00. The monoisotopic (exact) mass is 254 g/mol. The van der Waals surface area contributed by atoms with Crippen molar-refractivity contribution in [2.45, 2.75) is 13.8 Å². The zero-order valence-corrected chi connectivity index (χ0v) is 10.9. The molecule has 1 rings (SSSR count). The molecule has 0 N–H and O–H groups in total. The second kappa shape index (κ2) is 5.48. The lowest BCUT2D eigenvalue weighted by Gasteiger charge is -2.34. The molecule has 90 valence electrons. The normalized spacial score (nSPS) is 21.1. The summed E-state index contributed by atoms with van der Waals surface area (Å²) in [5.41, 5.74) is 0. The Morgan fingerprint density at radius 2 is 1.73 bits per heavy atom. The van der Waals surface area contributed by atoms with Gasteiger partial charge in [-0.25, -0.2) is 8.42 Å². The van der Waals surface area contributed by atoms with Crippen molar-refractivity contribution in [3.63, 3.8) is 0 Å². The molecule has 1 saturated heterocycles. The quantitative estimate of drug-likeness (QED) is 0.697. The van der Waals surface area contributed by atoms with Crippen molar-refractivity contribution < 1.29 is 8.42 Å². The lowest BCUT2D eigenvalue weighted by molar-refractivity contribution is 0.172. The van der Waals surface area contributed by atoms with Crippen molar-refractivity contribution in [2.75, 3.05) is 37.9 Å². The van der Waals surface area contributed by atoms with Crippen molar-refractivity contribution in [3.8, 4) is 0 Å². The Kier molecular flexibility index (Phi) is 4.83. The second-order valence-electron chi connectivity index (χ2n) is 4.31. The number of nitrogens with zero attached hydrogens (tertiary/aromatic N) is 2. The van der Waals surface area contributed by atoms with Gasteiger partial charge in [0.2, 0.25) is 10.0 Å². The van der Waals surface area contributed by atoms with Crippen molar-refractivity contribution in [1.29, 1.82) is 0 Å². The first-order valence-electron chi connectivity index (χ1n) is 5.22. The Morgan fingerprint density at radius 1 is 1.20 bits per heavy atom. The third kappa shape index (κ3) is 3.90. The molecule has 0 bridgehead atoms. The summed E-state index contributed by atoms with van der Waals surface area (Å²) in [7, 11) is -3.20. The Morgan fingerprint density at radius 3 is 2.13 bits per heavy atom. The van der Waals surface area contributed by atoms with Gasteiger partial charge in [-0.2, -0.15) is 4.31 Å². The highest BCUT2D eigenvalue weighted by atomic mass is 35.5. The van der Waals surface area contributed by atoms with Crippen molar-refractivity contribution in [2.24, 2.45) is 5.92 Å². The van der Waals surface area contributed by atoms with Gasteiger partial charge in [-0.1, -0.05) is 13.8 Å². The predicted molar refractivity (Wildman–Crippen MR) is 62.5 cm³/mol. The second-order valence-corrected chi connectivity index (χ2v) is 6.87. The van der Waals surface area contributed by atoms with E-state index in [1.807, 2.05) is 0 Å². The largest absolute Gasteiger partial charge is 0.300 e. The van der Waals surface area contributed by atoms with Gasteiger partial charge in [0.15, 0.2) is 0 Å². The van der Waals surface area contributed by atoms with E-state index < -0.39 is 10.0 Å². The molecule has 0 unspecified atom stereocenters. The van der Waals surface area contributed by atoms with Gasteiger partial charge in [0.05, 0.1) is 0 Å². The summed E-state index contributed by atoms with van der Waals surface area (Å²) in [6, 6.07) is 0. The molecule has 0 amide bonds. The Labute approximate surface area is 97.2 Å². The van der Waals surface area contributed by atoms with E-state index in [0.29, 0.717) is 19.0 Å². The molecular formula is C9H19ClN2O2S. The van der Waals surface area contributed by atoms with Crippen LogP contribution in [0.2, 0.25) is 0 Å². The number of sulfonamides is 1. The third-order valence-electron chi connectivity index (χ3n) is 2.49. The van der Waals surface area contributed by atoms with Gasteiger partial charge < -0.3 is 4.90 Å². The predicted octanol–water partition coefficient (Wildman–Crippen LogP) is 0.786. The maximum absolute atomic E-state index is 11.5. The zero-order valence-electron chi connectivity index (χ0n) is 9.32. The van der Waals surface area contributed by atoms with E-state index in [4.69, 9.17) is 11.6 Å². The first kappa shape index (κ1) is 13.2. The summed E-state index contributed by atoms with van der Waals surface area (Å²) in [6.07, 6.45) is 0.